The van der Waals surface area contributed by atoms with Crippen molar-refractivity contribution >= 4 is 51.7 Å². The van der Waals surface area contributed by atoms with Gasteiger partial charge in [-0.3, -0.25) is 14.4 Å². The molecule has 0 aliphatic heterocycles. The van der Waals surface area contributed by atoms with Crippen LogP contribution < -0.4 is 10.7 Å². The van der Waals surface area contributed by atoms with Gasteiger partial charge in [0.05, 0.1) is 27.7 Å². The maximum atomic E-state index is 12.5. The number of nitrogens with zero attached hydrogens (tertiary/aromatic N) is 1. The van der Waals surface area contributed by atoms with E-state index in [0.29, 0.717) is 11.0 Å². The second-order valence-corrected chi connectivity index (χ2v) is 6.59. The van der Waals surface area contributed by atoms with Crippen molar-refractivity contribution in [3.8, 4) is 0 Å². The van der Waals surface area contributed by atoms with Gasteiger partial charge < -0.3 is 14.6 Å². The van der Waals surface area contributed by atoms with Crippen LogP contribution in [-0.4, -0.2) is 30.3 Å². The Balaban J connectivity index is 1.76. The Morgan fingerprint density at radius 1 is 1.07 bits per heavy atom. The minimum Gasteiger partial charge on any atom is -0.451 e. The predicted molar refractivity (Wildman–Crippen MR) is 105 cm³/mol. The first-order valence-corrected chi connectivity index (χ1v) is 8.64. The maximum Gasteiger partial charge on any atom is 0.289 e. The number of hydrogen-bond donors (Lipinski definition) is 1. The van der Waals surface area contributed by atoms with Gasteiger partial charge in [0.1, 0.15) is 5.58 Å². The van der Waals surface area contributed by atoms with Gasteiger partial charge in [0, 0.05) is 13.1 Å². The smallest absolute Gasteiger partial charge is 0.289 e. The van der Waals surface area contributed by atoms with Crippen molar-refractivity contribution in [2.24, 2.45) is 0 Å². The molecule has 0 bridgehead atoms. The molecule has 2 amide bonds. The summed E-state index contributed by atoms with van der Waals surface area (Å²) >= 11 is 12.0. The molecule has 27 heavy (non-hydrogen) atoms. The van der Waals surface area contributed by atoms with Crippen molar-refractivity contribution in [2.75, 3.05) is 18.9 Å². The monoisotopic (exact) mass is 404 g/mol. The Kier molecular flexibility index (Phi) is 5.48. The van der Waals surface area contributed by atoms with Crippen molar-refractivity contribution in [3.05, 3.63) is 74.6 Å². The highest BCUT2D eigenvalue weighted by Gasteiger charge is 2.20. The van der Waals surface area contributed by atoms with Gasteiger partial charge >= 0.3 is 0 Å². The molecule has 0 unspecified atom stereocenters. The molecule has 0 radical (unpaired) electrons. The fraction of sp³-hybridized carbons (Fsp3) is 0.105. The minimum absolute atomic E-state index is 0.148. The van der Waals surface area contributed by atoms with E-state index in [1.54, 1.807) is 42.5 Å². The van der Waals surface area contributed by atoms with Crippen LogP contribution in [0.1, 0.15) is 10.6 Å². The van der Waals surface area contributed by atoms with E-state index in [-0.39, 0.29) is 33.5 Å². The van der Waals surface area contributed by atoms with Gasteiger partial charge in [-0.15, -0.1) is 0 Å². The minimum atomic E-state index is -0.599. The molecule has 1 heterocycles. The van der Waals surface area contributed by atoms with E-state index < -0.39 is 11.8 Å². The zero-order chi connectivity index (χ0) is 19.6. The number of para-hydroxylation sites is 2. The lowest BCUT2D eigenvalue weighted by molar-refractivity contribution is -0.116. The first-order valence-electron chi connectivity index (χ1n) is 7.89. The highest BCUT2D eigenvalue weighted by molar-refractivity contribution is 6.39. The lowest BCUT2D eigenvalue weighted by Crippen LogP contribution is -2.35. The number of benzene rings is 2. The molecule has 0 spiro atoms. The van der Waals surface area contributed by atoms with Crippen molar-refractivity contribution in [2.45, 2.75) is 0 Å². The van der Waals surface area contributed by atoms with E-state index in [2.05, 4.69) is 5.32 Å². The fourth-order valence-corrected chi connectivity index (χ4v) is 2.97. The van der Waals surface area contributed by atoms with E-state index in [1.807, 2.05) is 0 Å². The molecular weight excluding hydrogens is 391 g/mol. The third-order valence-corrected chi connectivity index (χ3v) is 4.43. The molecule has 0 fully saturated rings. The molecule has 2 aromatic carbocycles. The third kappa shape index (κ3) is 4.13. The summed E-state index contributed by atoms with van der Waals surface area (Å²) in [5.41, 5.74) is 0.235. The van der Waals surface area contributed by atoms with E-state index in [4.69, 9.17) is 27.6 Å². The number of carbonyl (C=O) groups is 2. The Hall–Kier alpha value is -2.83. The molecule has 0 saturated heterocycles. The summed E-state index contributed by atoms with van der Waals surface area (Å²) in [6.07, 6.45) is 0. The lowest BCUT2D eigenvalue weighted by atomic mass is 10.2. The topological polar surface area (TPSA) is 79.6 Å². The van der Waals surface area contributed by atoms with Crippen molar-refractivity contribution < 1.29 is 14.0 Å². The van der Waals surface area contributed by atoms with Crippen LogP contribution in [0.2, 0.25) is 10.0 Å². The zero-order valence-electron chi connectivity index (χ0n) is 14.2. The van der Waals surface area contributed by atoms with Crippen LogP contribution >= 0.6 is 23.2 Å². The van der Waals surface area contributed by atoms with Crippen molar-refractivity contribution in [3.63, 3.8) is 0 Å². The number of halogens is 2. The quantitative estimate of drug-likeness (QED) is 0.716. The first-order chi connectivity index (χ1) is 12.9. The average Bonchev–Trinajstić information content (AvgIpc) is 2.64. The van der Waals surface area contributed by atoms with Crippen molar-refractivity contribution in [1.82, 2.24) is 4.90 Å². The van der Waals surface area contributed by atoms with E-state index in [0.717, 1.165) is 11.0 Å². The summed E-state index contributed by atoms with van der Waals surface area (Å²) in [5, 5.41) is 3.51. The number of likely N-dealkylation sites (N-methyl/N-ethyl adjacent to an activating group) is 1. The number of carbonyl (C=O) groups excluding carboxylic acids is 2. The molecule has 0 atom stereocenters. The largest absolute Gasteiger partial charge is 0.451 e. The number of fused-ring (bicyclic) bond motifs is 1. The van der Waals surface area contributed by atoms with Crippen LogP contribution in [0.25, 0.3) is 11.0 Å². The Morgan fingerprint density at radius 3 is 2.44 bits per heavy atom. The number of anilines is 1. The molecule has 138 valence electrons. The fourth-order valence-electron chi connectivity index (χ4n) is 2.48. The van der Waals surface area contributed by atoms with Gasteiger partial charge in [0.15, 0.2) is 11.2 Å². The summed E-state index contributed by atoms with van der Waals surface area (Å²) in [4.78, 5) is 38.0. The Bertz CT molecular complexity index is 1070. The van der Waals surface area contributed by atoms with Crippen molar-refractivity contribution in [1.29, 1.82) is 0 Å². The second-order valence-electron chi connectivity index (χ2n) is 5.78. The highest BCUT2D eigenvalue weighted by atomic mass is 35.5. The van der Waals surface area contributed by atoms with E-state index >= 15 is 0 Å². The lowest BCUT2D eigenvalue weighted by Gasteiger charge is -2.17. The third-order valence-electron chi connectivity index (χ3n) is 3.80. The molecule has 3 rings (SSSR count). The van der Waals surface area contributed by atoms with Crippen LogP contribution in [0.4, 0.5) is 5.69 Å². The summed E-state index contributed by atoms with van der Waals surface area (Å²) in [6, 6.07) is 12.5. The second kappa shape index (κ2) is 7.82. The molecule has 1 aromatic heterocycles. The van der Waals surface area contributed by atoms with Crippen LogP contribution in [0, 0.1) is 0 Å². The predicted octanol–water partition coefficient (Wildman–Crippen LogP) is 3.81. The maximum absolute atomic E-state index is 12.5. The molecule has 0 saturated carbocycles. The molecule has 3 aromatic rings. The molecule has 0 aliphatic rings. The molecule has 6 nitrogen and oxygen atoms in total. The van der Waals surface area contributed by atoms with E-state index in [9.17, 15) is 14.4 Å². The molecule has 8 heteroatoms. The van der Waals surface area contributed by atoms with Gasteiger partial charge in [0.2, 0.25) is 5.91 Å². The highest BCUT2D eigenvalue weighted by Crippen LogP contribution is 2.29. The van der Waals surface area contributed by atoms with Crippen LogP contribution in [0.3, 0.4) is 0 Å². The normalized spacial score (nSPS) is 10.6. The van der Waals surface area contributed by atoms with Gasteiger partial charge in [-0.2, -0.15) is 0 Å². The van der Waals surface area contributed by atoms with Crippen LogP contribution in [0.5, 0.6) is 0 Å². The summed E-state index contributed by atoms with van der Waals surface area (Å²) < 4.78 is 5.50. The molecule has 1 N–H and O–H groups in total. The van der Waals surface area contributed by atoms with Crippen LogP contribution in [-0.2, 0) is 4.79 Å². The summed E-state index contributed by atoms with van der Waals surface area (Å²) in [7, 11) is 1.42. The number of rotatable bonds is 4. The number of amides is 2. The van der Waals surface area contributed by atoms with E-state index in [1.165, 1.54) is 7.05 Å². The SMILES string of the molecule is CN(CC(=O)Nc1c(Cl)cccc1Cl)C(=O)c1cc(=O)c2ccccc2o1. The molecular formula is C19H14Cl2N2O4. The van der Waals surface area contributed by atoms with Gasteiger partial charge in [-0.25, -0.2) is 0 Å². The number of hydrogen-bond acceptors (Lipinski definition) is 4. The van der Waals surface area contributed by atoms with Gasteiger partial charge in [-0.1, -0.05) is 41.4 Å². The summed E-state index contributed by atoms with van der Waals surface area (Å²) in [6.45, 7) is -0.281. The molecule has 0 aliphatic carbocycles. The summed E-state index contributed by atoms with van der Waals surface area (Å²) in [5.74, 6) is -1.24. The first kappa shape index (κ1) is 18.9. The van der Waals surface area contributed by atoms with Crippen LogP contribution in [0.15, 0.2) is 57.7 Å². The number of nitrogens with one attached hydrogen (secondary N) is 1. The van der Waals surface area contributed by atoms with Gasteiger partial charge in [0.25, 0.3) is 5.91 Å². The zero-order valence-corrected chi connectivity index (χ0v) is 15.7. The standard InChI is InChI=1S/C19H14Cl2N2O4/c1-23(10-17(25)22-18-12(20)6-4-7-13(18)21)19(26)16-9-14(24)11-5-2-3-8-15(11)27-16/h2-9H,10H2,1H3,(H,22,25). The Labute approximate surface area is 164 Å². The Morgan fingerprint density at radius 2 is 1.74 bits per heavy atom. The van der Waals surface area contributed by atoms with Gasteiger partial charge in [-0.05, 0) is 24.3 Å². The average molecular weight is 405 g/mol.